The van der Waals surface area contributed by atoms with Crippen molar-refractivity contribution in [3.63, 3.8) is 0 Å². The molecule has 0 aromatic heterocycles. The molecule has 0 bridgehead atoms. The van der Waals surface area contributed by atoms with Gasteiger partial charge in [-0.05, 0) is 19.5 Å². The van der Waals surface area contributed by atoms with E-state index in [1.54, 1.807) is 0 Å². The van der Waals surface area contributed by atoms with E-state index in [-0.39, 0.29) is 12.0 Å². The molecule has 1 unspecified atom stereocenters. The van der Waals surface area contributed by atoms with Gasteiger partial charge in [-0.25, -0.2) is 0 Å². The molecule has 98 valence electrons. The van der Waals surface area contributed by atoms with E-state index < -0.39 is 5.41 Å². The van der Waals surface area contributed by atoms with Crippen LogP contribution in [-0.2, 0) is 14.3 Å². The van der Waals surface area contributed by atoms with Gasteiger partial charge in [-0.1, -0.05) is 29.8 Å². The fourth-order valence-electron chi connectivity index (χ4n) is 2.54. The number of methoxy groups -OCH3 is 1. The number of nitrogens with one attached hydrogen (secondary N) is 1. The normalized spacial score (nSPS) is 18.8. The third kappa shape index (κ3) is 2.02. The predicted octanol–water partition coefficient (Wildman–Crippen LogP) is 1.45. The summed E-state index contributed by atoms with van der Waals surface area (Å²) in [4.78, 5) is 12.0. The monoisotopic (exact) mass is 249 g/mol. The third-order valence-electron chi connectivity index (χ3n) is 3.53. The van der Waals surface area contributed by atoms with E-state index in [4.69, 9.17) is 9.47 Å². The molecule has 1 atom stereocenters. The van der Waals surface area contributed by atoms with Crippen LogP contribution >= 0.6 is 0 Å². The topological polar surface area (TPSA) is 47.6 Å². The highest BCUT2D eigenvalue weighted by molar-refractivity contribution is 5.79. The van der Waals surface area contributed by atoms with Crippen molar-refractivity contribution in [2.24, 2.45) is 5.41 Å². The van der Waals surface area contributed by atoms with Crippen LogP contribution in [0.5, 0.6) is 0 Å². The summed E-state index contributed by atoms with van der Waals surface area (Å²) < 4.78 is 10.2. The maximum absolute atomic E-state index is 12.0. The van der Waals surface area contributed by atoms with Gasteiger partial charge in [0, 0.05) is 0 Å². The Labute approximate surface area is 107 Å². The maximum atomic E-state index is 12.0. The van der Waals surface area contributed by atoms with Crippen molar-refractivity contribution < 1.29 is 14.3 Å². The zero-order valence-corrected chi connectivity index (χ0v) is 11.0. The molecule has 1 aromatic rings. The van der Waals surface area contributed by atoms with Crippen molar-refractivity contribution >= 4 is 5.97 Å². The minimum atomic E-state index is -0.600. The molecule has 1 aromatic carbocycles. The molecule has 1 N–H and O–H groups in total. The number of esters is 1. The van der Waals surface area contributed by atoms with E-state index in [1.807, 2.05) is 32.2 Å². The molecule has 0 saturated carbocycles. The number of hydrogen-bond acceptors (Lipinski definition) is 4. The van der Waals surface area contributed by atoms with Gasteiger partial charge in [-0.15, -0.1) is 0 Å². The lowest BCUT2D eigenvalue weighted by atomic mass is 9.75. The number of hydrogen-bond donors (Lipinski definition) is 1. The Hall–Kier alpha value is -1.39. The van der Waals surface area contributed by atoms with Gasteiger partial charge >= 0.3 is 5.97 Å². The second kappa shape index (κ2) is 5.08. The van der Waals surface area contributed by atoms with E-state index in [2.05, 4.69) is 11.4 Å². The molecule has 0 amide bonds. The Bertz CT molecular complexity index is 440. The highest BCUT2D eigenvalue weighted by atomic mass is 16.5. The second-order valence-electron chi connectivity index (χ2n) is 4.78. The lowest BCUT2D eigenvalue weighted by molar-refractivity contribution is -0.190. The lowest BCUT2D eigenvalue weighted by Gasteiger charge is -2.44. The Kier molecular flexibility index (Phi) is 3.68. The number of carbonyl (C=O) groups excluding carboxylic acids is 1. The molecule has 1 aliphatic heterocycles. The third-order valence-corrected chi connectivity index (χ3v) is 3.53. The highest BCUT2D eigenvalue weighted by Crippen LogP contribution is 2.41. The number of rotatable bonds is 4. The van der Waals surface area contributed by atoms with Crippen molar-refractivity contribution in [3.8, 4) is 0 Å². The summed E-state index contributed by atoms with van der Waals surface area (Å²) in [6.45, 7) is 2.84. The summed E-state index contributed by atoms with van der Waals surface area (Å²) >= 11 is 0. The quantitative estimate of drug-likeness (QED) is 0.820. The van der Waals surface area contributed by atoms with Crippen LogP contribution in [0.25, 0.3) is 0 Å². The van der Waals surface area contributed by atoms with Crippen LogP contribution in [0.2, 0.25) is 0 Å². The van der Waals surface area contributed by atoms with Crippen molar-refractivity contribution in [2.75, 3.05) is 27.4 Å². The second-order valence-corrected chi connectivity index (χ2v) is 4.78. The van der Waals surface area contributed by atoms with Gasteiger partial charge in [0.25, 0.3) is 0 Å². The first kappa shape index (κ1) is 13.1. The van der Waals surface area contributed by atoms with Crippen molar-refractivity contribution in [3.05, 3.63) is 35.4 Å². The smallest absolute Gasteiger partial charge is 0.318 e. The van der Waals surface area contributed by atoms with E-state index in [0.29, 0.717) is 13.2 Å². The number of aryl methyl sites for hydroxylation is 1. The van der Waals surface area contributed by atoms with E-state index in [9.17, 15) is 4.79 Å². The van der Waals surface area contributed by atoms with Crippen LogP contribution in [0, 0.1) is 12.3 Å². The van der Waals surface area contributed by atoms with Crippen molar-refractivity contribution in [2.45, 2.75) is 13.0 Å². The van der Waals surface area contributed by atoms with Crippen LogP contribution in [0.3, 0.4) is 0 Å². The molecule has 1 fully saturated rings. The lowest BCUT2D eigenvalue weighted by Crippen LogP contribution is -2.56. The molecule has 0 aliphatic carbocycles. The van der Waals surface area contributed by atoms with Gasteiger partial charge in [0.05, 0.1) is 26.4 Å². The summed E-state index contributed by atoms with van der Waals surface area (Å²) in [5.41, 5.74) is 1.66. The molecule has 0 radical (unpaired) electrons. The molecular weight excluding hydrogens is 230 g/mol. The molecule has 18 heavy (non-hydrogen) atoms. The molecule has 1 saturated heterocycles. The first-order valence-electron chi connectivity index (χ1n) is 6.04. The number of carbonyl (C=O) groups is 1. The average Bonchev–Trinajstić information content (AvgIpc) is 2.32. The first-order valence-corrected chi connectivity index (χ1v) is 6.04. The zero-order valence-electron chi connectivity index (χ0n) is 11.0. The van der Waals surface area contributed by atoms with E-state index in [0.717, 1.165) is 5.56 Å². The Morgan fingerprint density at radius 1 is 1.50 bits per heavy atom. The van der Waals surface area contributed by atoms with Crippen LogP contribution < -0.4 is 5.32 Å². The summed E-state index contributed by atoms with van der Waals surface area (Å²) in [6, 6.07) is 8.07. The Morgan fingerprint density at radius 3 is 2.67 bits per heavy atom. The van der Waals surface area contributed by atoms with Crippen LogP contribution in [-0.4, -0.2) is 33.3 Å². The summed E-state index contributed by atoms with van der Waals surface area (Å²) in [6.07, 6.45) is 0. The van der Waals surface area contributed by atoms with Crippen LogP contribution in [0.15, 0.2) is 24.3 Å². The summed E-state index contributed by atoms with van der Waals surface area (Å²) in [7, 11) is 3.28. The SMILES string of the molecule is CNC(c1cccc(C)c1)C1(C(=O)OC)COC1. The zero-order chi connectivity index (χ0) is 13.2. The van der Waals surface area contributed by atoms with Gasteiger partial charge in [0.1, 0.15) is 5.41 Å². The minimum Gasteiger partial charge on any atom is -0.468 e. The molecular formula is C14H19NO3. The Morgan fingerprint density at radius 2 is 2.22 bits per heavy atom. The maximum Gasteiger partial charge on any atom is 0.318 e. The van der Waals surface area contributed by atoms with E-state index in [1.165, 1.54) is 12.7 Å². The van der Waals surface area contributed by atoms with Crippen molar-refractivity contribution in [1.29, 1.82) is 0 Å². The Balaban J connectivity index is 2.35. The van der Waals surface area contributed by atoms with E-state index >= 15 is 0 Å². The molecule has 1 aliphatic rings. The molecule has 4 heteroatoms. The summed E-state index contributed by atoms with van der Waals surface area (Å²) in [5.74, 6) is -0.213. The van der Waals surface area contributed by atoms with Crippen LogP contribution in [0.1, 0.15) is 17.2 Å². The molecule has 1 heterocycles. The molecule has 2 rings (SSSR count). The first-order chi connectivity index (χ1) is 8.64. The fourth-order valence-corrected chi connectivity index (χ4v) is 2.54. The number of benzene rings is 1. The van der Waals surface area contributed by atoms with Crippen LogP contribution in [0.4, 0.5) is 0 Å². The van der Waals surface area contributed by atoms with Gasteiger partial charge in [-0.3, -0.25) is 4.79 Å². The minimum absolute atomic E-state index is 0.0846. The average molecular weight is 249 g/mol. The van der Waals surface area contributed by atoms with Gasteiger partial charge in [0.15, 0.2) is 0 Å². The van der Waals surface area contributed by atoms with Crippen molar-refractivity contribution in [1.82, 2.24) is 5.32 Å². The fraction of sp³-hybridized carbons (Fsp3) is 0.500. The van der Waals surface area contributed by atoms with Gasteiger partial charge < -0.3 is 14.8 Å². The summed E-state index contributed by atoms with van der Waals surface area (Å²) in [5, 5.41) is 3.22. The standard InChI is InChI=1S/C14H19NO3/c1-10-5-4-6-11(7-10)12(15-2)14(8-18-9-14)13(16)17-3/h4-7,12,15H,8-9H2,1-3H3. The molecule has 4 nitrogen and oxygen atoms in total. The van der Waals surface area contributed by atoms with Gasteiger partial charge in [0.2, 0.25) is 0 Å². The predicted molar refractivity (Wildman–Crippen MR) is 68.2 cm³/mol. The number of ether oxygens (including phenoxy) is 2. The largest absolute Gasteiger partial charge is 0.468 e. The molecule has 0 spiro atoms. The van der Waals surface area contributed by atoms with Gasteiger partial charge in [-0.2, -0.15) is 0 Å². The highest BCUT2D eigenvalue weighted by Gasteiger charge is 2.53.